The highest BCUT2D eigenvalue weighted by molar-refractivity contribution is 5.68. The number of methoxy groups -OCH3 is 1. The third-order valence-electron chi connectivity index (χ3n) is 2.85. The molecule has 0 amide bonds. The van der Waals surface area contributed by atoms with Crippen molar-refractivity contribution in [3.63, 3.8) is 0 Å². The van der Waals surface area contributed by atoms with E-state index in [2.05, 4.69) is 36.0 Å². The molecule has 0 aromatic heterocycles. The minimum Gasteiger partial charge on any atom is -0.469 e. The number of hydrogen-bond acceptors (Lipinski definition) is 2. The summed E-state index contributed by atoms with van der Waals surface area (Å²) in [7, 11) is 1.45. The van der Waals surface area contributed by atoms with Gasteiger partial charge in [0.25, 0.3) is 0 Å². The van der Waals surface area contributed by atoms with Gasteiger partial charge in [-0.1, -0.05) is 56.9 Å². The van der Waals surface area contributed by atoms with Crippen LogP contribution in [0.1, 0.15) is 64.7 Å². The Morgan fingerprint density at radius 1 is 0.944 bits per heavy atom. The van der Waals surface area contributed by atoms with Gasteiger partial charge in [0.15, 0.2) is 0 Å². The van der Waals surface area contributed by atoms with E-state index in [1.165, 1.54) is 39.2 Å². The molecule has 0 unspecified atom stereocenters. The van der Waals surface area contributed by atoms with Crippen LogP contribution in [0.5, 0.6) is 0 Å². The SMILES string of the molecule is CC/C=C\C=C\CCCCCCCCC(=O)OC. The first-order chi connectivity index (χ1) is 8.81. The summed E-state index contributed by atoms with van der Waals surface area (Å²) >= 11 is 0. The Balaban J connectivity index is 3.14. The molecule has 0 bridgehead atoms. The zero-order chi connectivity index (χ0) is 13.5. The van der Waals surface area contributed by atoms with E-state index in [-0.39, 0.29) is 5.97 Å². The fourth-order valence-electron chi connectivity index (χ4n) is 1.73. The molecule has 0 heterocycles. The highest BCUT2D eigenvalue weighted by atomic mass is 16.5. The molecular formula is C16H28O2. The molecule has 0 rings (SSSR count). The van der Waals surface area contributed by atoms with Crippen LogP contribution in [0.3, 0.4) is 0 Å². The number of esters is 1. The fourth-order valence-corrected chi connectivity index (χ4v) is 1.73. The smallest absolute Gasteiger partial charge is 0.305 e. The molecule has 0 saturated carbocycles. The third-order valence-corrected chi connectivity index (χ3v) is 2.85. The number of unbranched alkanes of at least 4 members (excludes halogenated alkanes) is 6. The first kappa shape index (κ1) is 16.9. The second-order valence-corrected chi connectivity index (χ2v) is 4.50. The van der Waals surface area contributed by atoms with E-state index < -0.39 is 0 Å². The predicted molar refractivity (Wildman–Crippen MR) is 77.5 cm³/mol. The minimum atomic E-state index is -0.0831. The maximum Gasteiger partial charge on any atom is 0.305 e. The van der Waals surface area contributed by atoms with Crippen LogP contribution in [-0.2, 0) is 9.53 Å². The van der Waals surface area contributed by atoms with Gasteiger partial charge in [0.05, 0.1) is 7.11 Å². The van der Waals surface area contributed by atoms with Crippen molar-refractivity contribution in [2.45, 2.75) is 64.7 Å². The molecule has 0 fully saturated rings. The third kappa shape index (κ3) is 13.0. The topological polar surface area (TPSA) is 26.3 Å². The Morgan fingerprint density at radius 3 is 2.22 bits per heavy atom. The molecule has 104 valence electrons. The Bertz CT molecular complexity index is 241. The molecule has 0 aromatic rings. The lowest BCUT2D eigenvalue weighted by atomic mass is 10.1. The second kappa shape index (κ2) is 14.0. The Morgan fingerprint density at radius 2 is 1.56 bits per heavy atom. The van der Waals surface area contributed by atoms with Crippen molar-refractivity contribution in [3.8, 4) is 0 Å². The maximum absolute atomic E-state index is 10.9. The van der Waals surface area contributed by atoms with E-state index in [1.54, 1.807) is 0 Å². The average molecular weight is 252 g/mol. The van der Waals surface area contributed by atoms with Crippen LogP contribution in [0, 0.1) is 0 Å². The lowest BCUT2D eigenvalue weighted by Gasteiger charge is -2.00. The first-order valence-corrected chi connectivity index (χ1v) is 7.19. The molecule has 18 heavy (non-hydrogen) atoms. The zero-order valence-electron chi connectivity index (χ0n) is 12.0. The molecule has 0 aromatic carbocycles. The molecular weight excluding hydrogens is 224 g/mol. The van der Waals surface area contributed by atoms with Crippen molar-refractivity contribution in [2.24, 2.45) is 0 Å². The summed E-state index contributed by atoms with van der Waals surface area (Å²) in [4.78, 5) is 10.9. The van der Waals surface area contributed by atoms with E-state index in [1.807, 2.05) is 0 Å². The molecule has 0 saturated heterocycles. The van der Waals surface area contributed by atoms with Crippen molar-refractivity contribution in [1.29, 1.82) is 0 Å². The van der Waals surface area contributed by atoms with Crippen molar-refractivity contribution >= 4 is 5.97 Å². The number of rotatable bonds is 11. The maximum atomic E-state index is 10.9. The van der Waals surface area contributed by atoms with Crippen molar-refractivity contribution in [2.75, 3.05) is 7.11 Å². The van der Waals surface area contributed by atoms with Crippen molar-refractivity contribution in [3.05, 3.63) is 24.3 Å². The monoisotopic (exact) mass is 252 g/mol. The zero-order valence-corrected chi connectivity index (χ0v) is 12.0. The van der Waals surface area contributed by atoms with Gasteiger partial charge in [0.2, 0.25) is 0 Å². The number of ether oxygens (including phenoxy) is 1. The second-order valence-electron chi connectivity index (χ2n) is 4.50. The van der Waals surface area contributed by atoms with Gasteiger partial charge < -0.3 is 4.74 Å². The van der Waals surface area contributed by atoms with Crippen molar-refractivity contribution in [1.82, 2.24) is 0 Å². The van der Waals surface area contributed by atoms with Gasteiger partial charge in [-0.2, -0.15) is 0 Å². The van der Waals surface area contributed by atoms with Crippen LogP contribution < -0.4 is 0 Å². The average Bonchev–Trinajstić information content (AvgIpc) is 2.39. The van der Waals surface area contributed by atoms with Gasteiger partial charge in [-0.25, -0.2) is 0 Å². The fraction of sp³-hybridized carbons (Fsp3) is 0.688. The number of carbonyl (C=O) groups excluding carboxylic acids is 1. The summed E-state index contributed by atoms with van der Waals surface area (Å²) in [5.41, 5.74) is 0. The number of allylic oxidation sites excluding steroid dienone is 4. The Hall–Kier alpha value is -1.05. The molecule has 0 aliphatic heterocycles. The lowest BCUT2D eigenvalue weighted by Crippen LogP contribution is -1.99. The largest absolute Gasteiger partial charge is 0.469 e. The summed E-state index contributed by atoms with van der Waals surface area (Å²) in [5.74, 6) is -0.0831. The van der Waals surface area contributed by atoms with E-state index in [4.69, 9.17) is 0 Å². The predicted octanol–water partition coefficient (Wildman–Crippen LogP) is 4.80. The molecule has 0 aliphatic carbocycles. The van der Waals surface area contributed by atoms with Crippen molar-refractivity contribution < 1.29 is 9.53 Å². The number of carbonyl (C=O) groups is 1. The van der Waals surface area contributed by atoms with Crippen LogP contribution in [0.4, 0.5) is 0 Å². The Labute approximate surface area is 112 Å². The molecule has 0 spiro atoms. The summed E-state index contributed by atoms with van der Waals surface area (Å²) < 4.78 is 4.60. The van der Waals surface area contributed by atoms with Gasteiger partial charge in [0.1, 0.15) is 0 Å². The molecule has 0 aliphatic rings. The molecule has 0 N–H and O–H groups in total. The molecule has 0 atom stereocenters. The molecule has 2 nitrogen and oxygen atoms in total. The van der Waals surface area contributed by atoms with Gasteiger partial charge in [0, 0.05) is 6.42 Å². The van der Waals surface area contributed by atoms with E-state index >= 15 is 0 Å². The van der Waals surface area contributed by atoms with Crippen LogP contribution >= 0.6 is 0 Å². The van der Waals surface area contributed by atoms with Gasteiger partial charge in [-0.3, -0.25) is 4.79 Å². The van der Waals surface area contributed by atoms with Crippen LogP contribution in [0.15, 0.2) is 24.3 Å². The van der Waals surface area contributed by atoms with Gasteiger partial charge >= 0.3 is 5.97 Å². The van der Waals surface area contributed by atoms with E-state index in [0.717, 1.165) is 19.3 Å². The van der Waals surface area contributed by atoms with Gasteiger partial charge in [-0.05, 0) is 25.7 Å². The lowest BCUT2D eigenvalue weighted by molar-refractivity contribution is -0.140. The summed E-state index contributed by atoms with van der Waals surface area (Å²) in [6.45, 7) is 2.14. The van der Waals surface area contributed by atoms with Gasteiger partial charge in [-0.15, -0.1) is 0 Å². The molecule has 2 heteroatoms. The molecule has 0 radical (unpaired) electrons. The summed E-state index contributed by atoms with van der Waals surface area (Å²) in [6, 6.07) is 0. The van der Waals surface area contributed by atoms with Crippen LogP contribution in [-0.4, -0.2) is 13.1 Å². The summed E-state index contributed by atoms with van der Waals surface area (Å²) in [5, 5.41) is 0. The van der Waals surface area contributed by atoms with E-state index in [9.17, 15) is 4.79 Å². The van der Waals surface area contributed by atoms with Crippen LogP contribution in [0.25, 0.3) is 0 Å². The standard InChI is InChI=1S/C16H28O2/c1-3-4-5-6-7-8-9-10-11-12-13-14-15-16(17)18-2/h4-7H,3,8-15H2,1-2H3/b5-4-,7-6+. The van der Waals surface area contributed by atoms with Crippen LogP contribution in [0.2, 0.25) is 0 Å². The quantitative estimate of drug-likeness (QED) is 0.300. The van der Waals surface area contributed by atoms with E-state index in [0.29, 0.717) is 6.42 Å². The summed E-state index contributed by atoms with van der Waals surface area (Å²) in [6.07, 6.45) is 18.7. The number of hydrogen-bond donors (Lipinski definition) is 0. The minimum absolute atomic E-state index is 0.0831. The highest BCUT2D eigenvalue weighted by Gasteiger charge is 1.98. The Kier molecular flexibility index (Phi) is 13.2. The highest BCUT2D eigenvalue weighted by Crippen LogP contribution is 2.09. The normalized spacial score (nSPS) is 11.4. The first-order valence-electron chi connectivity index (χ1n) is 7.19.